The lowest BCUT2D eigenvalue weighted by Crippen LogP contribution is -2.49. The van der Waals surface area contributed by atoms with Gasteiger partial charge in [0.15, 0.2) is 0 Å². The monoisotopic (exact) mass is 399 g/mol. The maximum atomic E-state index is 12.4. The van der Waals surface area contributed by atoms with Crippen LogP contribution >= 0.6 is 0 Å². The van der Waals surface area contributed by atoms with Crippen molar-refractivity contribution >= 4 is 21.4 Å². The highest BCUT2D eigenvalue weighted by atomic mass is 32.2. The molecule has 1 heterocycles. The van der Waals surface area contributed by atoms with Crippen LogP contribution in [0, 0.1) is 10.1 Å². The standard InChI is InChI=1S/C17H29N5O4S/c1-14(2)20-9-11-21(12-10-20)16-6-5-15(13-17(16)22(23)24)27(25,26)18-7-8-19(3)4/h5-6,13-14,18H,7-12H2,1-4H3. The van der Waals surface area contributed by atoms with Crippen LogP contribution in [0.5, 0.6) is 0 Å². The minimum atomic E-state index is -3.79. The molecule has 1 N–H and O–H groups in total. The summed E-state index contributed by atoms with van der Waals surface area (Å²) in [6, 6.07) is 4.57. The lowest BCUT2D eigenvalue weighted by atomic mass is 10.2. The van der Waals surface area contributed by atoms with E-state index in [1.54, 1.807) is 6.07 Å². The summed E-state index contributed by atoms with van der Waals surface area (Å²) in [5, 5.41) is 11.6. The Hall–Kier alpha value is -1.75. The first-order valence-electron chi connectivity index (χ1n) is 9.03. The minimum absolute atomic E-state index is 0.0856. The predicted octanol–water partition coefficient (Wildman–Crippen LogP) is 0.965. The summed E-state index contributed by atoms with van der Waals surface area (Å²) in [7, 11) is -0.107. The Morgan fingerprint density at radius 3 is 2.37 bits per heavy atom. The van der Waals surface area contributed by atoms with Crippen molar-refractivity contribution in [1.82, 2.24) is 14.5 Å². The third-order valence-electron chi connectivity index (χ3n) is 4.69. The average Bonchev–Trinajstić information content (AvgIpc) is 2.60. The van der Waals surface area contributed by atoms with Crippen LogP contribution in [0.3, 0.4) is 0 Å². The fourth-order valence-corrected chi connectivity index (χ4v) is 4.09. The second kappa shape index (κ2) is 8.96. The van der Waals surface area contributed by atoms with Gasteiger partial charge in [-0.25, -0.2) is 13.1 Å². The van der Waals surface area contributed by atoms with Crippen molar-refractivity contribution in [1.29, 1.82) is 0 Å². The molecule has 10 heteroatoms. The number of sulfonamides is 1. The van der Waals surface area contributed by atoms with Crippen LogP contribution in [0.1, 0.15) is 13.8 Å². The number of nitro groups is 1. The van der Waals surface area contributed by atoms with Gasteiger partial charge in [-0.3, -0.25) is 15.0 Å². The normalized spacial score (nSPS) is 16.3. The average molecular weight is 400 g/mol. The molecule has 0 saturated carbocycles. The van der Waals surface area contributed by atoms with Gasteiger partial charge in [0.2, 0.25) is 10.0 Å². The van der Waals surface area contributed by atoms with Gasteiger partial charge in [0.25, 0.3) is 5.69 Å². The Morgan fingerprint density at radius 2 is 1.85 bits per heavy atom. The van der Waals surface area contributed by atoms with E-state index in [-0.39, 0.29) is 17.1 Å². The third kappa shape index (κ3) is 5.61. The van der Waals surface area contributed by atoms with Crippen LogP contribution in [-0.2, 0) is 10.0 Å². The van der Waals surface area contributed by atoms with E-state index in [0.717, 1.165) is 19.2 Å². The van der Waals surface area contributed by atoms with Gasteiger partial charge in [-0.05, 0) is 40.1 Å². The van der Waals surface area contributed by atoms with Crippen LogP contribution in [0.4, 0.5) is 11.4 Å². The highest BCUT2D eigenvalue weighted by Crippen LogP contribution is 2.31. The fourth-order valence-electron chi connectivity index (χ4n) is 3.05. The fraction of sp³-hybridized carbons (Fsp3) is 0.647. The molecule has 0 bridgehead atoms. The Kier molecular flexibility index (Phi) is 7.15. The highest BCUT2D eigenvalue weighted by molar-refractivity contribution is 7.89. The van der Waals surface area contributed by atoms with E-state index in [9.17, 15) is 18.5 Å². The lowest BCUT2D eigenvalue weighted by molar-refractivity contribution is -0.384. The number of benzene rings is 1. The van der Waals surface area contributed by atoms with Gasteiger partial charge in [0.05, 0.1) is 9.82 Å². The van der Waals surface area contributed by atoms with Gasteiger partial charge < -0.3 is 9.80 Å². The van der Waals surface area contributed by atoms with E-state index in [1.807, 2.05) is 23.9 Å². The van der Waals surface area contributed by atoms with Crippen LogP contribution in [-0.4, -0.2) is 82.5 Å². The van der Waals surface area contributed by atoms with E-state index in [1.165, 1.54) is 6.07 Å². The molecule has 2 rings (SSSR count). The molecule has 0 spiro atoms. The molecule has 1 saturated heterocycles. The molecular weight excluding hydrogens is 370 g/mol. The summed E-state index contributed by atoms with van der Waals surface area (Å²) in [4.78, 5) is 17.1. The highest BCUT2D eigenvalue weighted by Gasteiger charge is 2.27. The summed E-state index contributed by atoms with van der Waals surface area (Å²) in [5.74, 6) is 0. The SMILES string of the molecule is CC(C)N1CCN(c2ccc(S(=O)(=O)NCCN(C)C)cc2[N+](=O)[O-])CC1. The molecule has 9 nitrogen and oxygen atoms in total. The zero-order valence-corrected chi connectivity index (χ0v) is 17.2. The van der Waals surface area contributed by atoms with E-state index in [4.69, 9.17) is 0 Å². The molecule has 152 valence electrons. The van der Waals surface area contributed by atoms with Gasteiger partial charge in [-0.1, -0.05) is 0 Å². The molecule has 0 aromatic heterocycles. The molecule has 1 aliphatic heterocycles. The number of likely N-dealkylation sites (N-methyl/N-ethyl adjacent to an activating group) is 1. The van der Waals surface area contributed by atoms with Gasteiger partial charge >= 0.3 is 0 Å². The number of hydrogen-bond donors (Lipinski definition) is 1. The van der Waals surface area contributed by atoms with Crippen molar-refractivity contribution in [3.8, 4) is 0 Å². The van der Waals surface area contributed by atoms with Gasteiger partial charge in [-0.2, -0.15) is 0 Å². The smallest absolute Gasteiger partial charge is 0.293 e. The Morgan fingerprint density at radius 1 is 1.22 bits per heavy atom. The van der Waals surface area contributed by atoms with Crippen LogP contribution in [0.2, 0.25) is 0 Å². The van der Waals surface area contributed by atoms with Crippen molar-refractivity contribution in [3.63, 3.8) is 0 Å². The molecule has 1 aromatic carbocycles. The first-order valence-corrected chi connectivity index (χ1v) is 10.5. The maximum absolute atomic E-state index is 12.4. The predicted molar refractivity (Wildman–Crippen MR) is 106 cm³/mol. The maximum Gasteiger partial charge on any atom is 0.293 e. The van der Waals surface area contributed by atoms with Crippen molar-refractivity contribution in [2.24, 2.45) is 0 Å². The summed E-state index contributed by atoms with van der Waals surface area (Å²) in [5.41, 5.74) is 0.291. The number of hydrogen-bond acceptors (Lipinski definition) is 7. The van der Waals surface area contributed by atoms with Crippen LogP contribution in [0.25, 0.3) is 0 Å². The van der Waals surface area contributed by atoms with Crippen LogP contribution in [0.15, 0.2) is 23.1 Å². The molecule has 0 aliphatic carbocycles. The van der Waals surface area contributed by atoms with Gasteiger partial charge in [0, 0.05) is 51.4 Å². The number of nitrogens with one attached hydrogen (secondary N) is 1. The first kappa shape index (κ1) is 21.5. The van der Waals surface area contributed by atoms with Crippen molar-refractivity contribution < 1.29 is 13.3 Å². The zero-order valence-electron chi connectivity index (χ0n) is 16.4. The molecule has 1 aromatic rings. The Bertz CT molecular complexity index is 759. The third-order valence-corrected chi connectivity index (χ3v) is 6.15. The van der Waals surface area contributed by atoms with Crippen molar-refractivity contribution in [2.45, 2.75) is 24.8 Å². The molecule has 0 radical (unpaired) electrons. The molecule has 27 heavy (non-hydrogen) atoms. The lowest BCUT2D eigenvalue weighted by Gasteiger charge is -2.37. The van der Waals surface area contributed by atoms with Crippen LogP contribution < -0.4 is 9.62 Å². The number of nitrogens with zero attached hydrogens (tertiary/aromatic N) is 4. The first-order chi connectivity index (χ1) is 12.6. The van der Waals surface area contributed by atoms with Crippen molar-refractivity contribution in [2.75, 3.05) is 58.3 Å². The second-order valence-electron chi connectivity index (χ2n) is 7.23. The summed E-state index contributed by atoms with van der Waals surface area (Å²) < 4.78 is 27.3. The van der Waals surface area contributed by atoms with Crippen molar-refractivity contribution in [3.05, 3.63) is 28.3 Å². The molecule has 0 unspecified atom stereocenters. The second-order valence-corrected chi connectivity index (χ2v) is 8.99. The number of nitro benzene ring substituents is 1. The number of anilines is 1. The zero-order chi connectivity index (χ0) is 20.2. The Balaban J connectivity index is 2.21. The largest absolute Gasteiger partial charge is 0.363 e. The number of rotatable bonds is 8. The number of piperazine rings is 1. The molecule has 1 fully saturated rings. The molecule has 1 aliphatic rings. The summed E-state index contributed by atoms with van der Waals surface area (Å²) in [6.45, 7) is 8.02. The minimum Gasteiger partial charge on any atom is -0.363 e. The molecular formula is C17H29N5O4S. The van der Waals surface area contributed by atoms with E-state index >= 15 is 0 Å². The Labute approximate surface area is 161 Å². The molecule has 0 atom stereocenters. The molecule has 0 amide bonds. The van der Waals surface area contributed by atoms with Gasteiger partial charge in [0.1, 0.15) is 5.69 Å². The topological polar surface area (TPSA) is 99.0 Å². The van der Waals surface area contributed by atoms with E-state index < -0.39 is 14.9 Å². The summed E-state index contributed by atoms with van der Waals surface area (Å²) in [6.07, 6.45) is 0. The summed E-state index contributed by atoms with van der Waals surface area (Å²) >= 11 is 0. The van der Waals surface area contributed by atoms with Gasteiger partial charge in [-0.15, -0.1) is 0 Å². The van der Waals surface area contributed by atoms with E-state index in [2.05, 4.69) is 23.5 Å². The van der Waals surface area contributed by atoms with E-state index in [0.29, 0.717) is 31.4 Å². The quantitative estimate of drug-likeness (QED) is 0.513.